The molecule has 0 aliphatic carbocycles. The summed E-state index contributed by atoms with van der Waals surface area (Å²) in [4.78, 5) is 12.7. The van der Waals surface area contributed by atoms with Gasteiger partial charge in [0.05, 0.1) is 5.69 Å². The van der Waals surface area contributed by atoms with Crippen molar-refractivity contribution in [1.29, 1.82) is 0 Å². The molecule has 4 rings (SSSR count). The van der Waals surface area contributed by atoms with E-state index in [0.717, 1.165) is 5.39 Å². The van der Waals surface area contributed by atoms with E-state index in [-0.39, 0.29) is 11.5 Å². The predicted molar refractivity (Wildman–Crippen MR) is 81.5 cm³/mol. The third-order valence-corrected chi connectivity index (χ3v) is 3.64. The molecule has 0 bridgehead atoms. The average Bonchev–Trinajstić information content (AvgIpc) is 2.91. The van der Waals surface area contributed by atoms with Crippen LogP contribution in [0.15, 0.2) is 46.9 Å². The molecule has 0 spiro atoms. The summed E-state index contributed by atoms with van der Waals surface area (Å²) < 4.78 is 16.6. The second kappa shape index (κ2) is 4.80. The van der Waals surface area contributed by atoms with E-state index in [1.165, 1.54) is 0 Å². The minimum absolute atomic E-state index is 0.151. The molecule has 22 heavy (non-hydrogen) atoms. The SMILES string of the molecule is Nc1c(C(=O)c2ccc3c(c2)OCCO3)oc2ccccc12. The lowest BCUT2D eigenvalue weighted by atomic mass is 10.1. The van der Waals surface area contributed by atoms with Crippen molar-refractivity contribution < 1.29 is 18.7 Å². The number of anilines is 1. The Morgan fingerprint density at radius 1 is 1.00 bits per heavy atom. The normalized spacial score (nSPS) is 13.3. The first-order valence-corrected chi connectivity index (χ1v) is 6.95. The van der Waals surface area contributed by atoms with Crippen molar-refractivity contribution in [2.24, 2.45) is 0 Å². The number of furan rings is 1. The molecule has 5 heteroatoms. The summed E-state index contributed by atoms with van der Waals surface area (Å²) in [6.07, 6.45) is 0. The summed E-state index contributed by atoms with van der Waals surface area (Å²) in [6.45, 7) is 0.980. The van der Waals surface area contributed by atoms with Crippen molar-refractivity contribution in [3.05, 3.63) is 53.8 Å². The fraction of sp³-hybridized carbons (Fsp3) is 0.118. The number of benzene rings is 2. The molecule has 2 N–H and O–H groups in total. The highest BCUT2D eigenvalue weighted by Crippen LogP contribution is 2.34. The molecule has 3 aromatic rings. The minimum Gasteiger partial charge on any atom is -0.486 e. The number of rotatable bonds is 2. The summed E-state index contributed by atoms with van der Waals surface area (Å²) in [5.41, 5.74) is 7.45. The molecule has 1 aliphatic rings. The van der Waals surface area contributed by atoms with E-state index in [2.05, 4.69) is 0 Å². The lowest BCUT2D eigenvalue weighted by molar-refractivity contribution is 0.101. The Kier molecular flexibility index (Phi) is 2.79. The zero-order valence-corrected chi connectivity index (χ0v) is 11.7. The van der Waals surface area contributed by atoms with Crippen molar-refractivity contribution in [3.63, 3.8) is 0 Å². The van der Waals surface area contributed by atoms with Gasteiger partial charge in [-0.1, -0.05) is 12.1 Å². The zero-order chi connectivity index (χ0) is 15.1. The van der Waals surface area contributed by atoms with E-state index in [4.69, 9.17) is 19.6 Å². The Labute approximate surface area is 126 Å². The van der Waals surface area contributed by atoms with E-state index in [9.17, 15) is 4.79 Å². The number of carbonyl (C=O) groups is 1. The van der Waals surface area contributed by atoms with Crippen LogP contribution in [0.2, 0.25) is 0 Å². The van der Waals surface area contributed by atoms with Gasteiger partial charge in [0, 0.05) is 10.9 Å². The second-order valence-electron chi connectivity index (χ2n) is 5.03. The quantitative estimate of drug-likeness (QED) is 0.735. The maximum Gasteiger partial charge on any atom is 0.230 e. The zero-order valence-electron chi connectivity index (χ0n) is 11.7. The molecule has 2 aromatic carbocycles. The molecule has 5 nitrogen and oxygen atoms in total. The van der Waals surface area contributed by atoms with Gasteiger partial charge in [-0.2, -0.15) is 0 Å². The van der Waals surface area contributed by atoms with Crippen molar-refractivity contribution in [3.8, 4) is 11.5 Å². The summed E-state index contributed by atoms with van der Waals surface area (Å²) >= 11 is 0. The number of para-hydroxylation sites is 1. The molecular weight excluding hydrogens is 282 g/mol. The van der Waals surface area contributed by atoms with Gasteiger partial charge in [-0.3, -0.25) is 4.79 Å². The van der Waals surface area contributed by atoms with Gasteiger partial charge in [-0.25, -0.2) is 0 Å². The van der Waals surface area contributed by atoms with Gasteiger partial charge in [0.1, 0.15) is 18.8 Å². The van der Waals surface area contributed by atoms with Crippen molar-refractivity contribution in [1.82, 2.24) is 0 Å². The maximum absolute atomic E-state index is 12.7. The molecule has 0 unspecified atom stereocenters. The van der Waals surface area contributed by atoms with Crippen molar-refractivity contribution >= 4 is 22.4 Å². The number of carbonyl (C=O) groups excluding carboxylic acids is 1. The van der Waals surface area contributed by atoms with Crippen LogP contribution >= 0.6 is 0 Å². The number of fused-ring (bicyclic) bond motifs is 2. The highest BCUT2D eigenvalue weighted by Gasteiger charge is 2.22. The molecule has 0 amide bonds. The molecule has 0 atom stereocenters. The van der Waals surface area contributed by atoms with E-state index >= 15 is 0 Å². The van der Waals surface area contributed by atoms with Gasteiger partial charge in [0.25, 0.3) is 0 Å². The standard InChI is InChI=1S/C17H13NO4/c18-15-11-3-1-2-4-12(11)22-17(15)16(19)10-5-6-13-14(9-10)21-8-7-20-13/h1-6,9H,7-8,18H2. The van der Waals surface area contributed by atoms with Crippen LogP contribution in [0.3, 0.4) is 0 Å². The number of nitrogen functional groups attached to an aromatic ring is 1. The van der Waals surface area contributed by atoms with Gasteiger partial charge in [-0.05, 0) is 30.3 Å². The molecule has 0 radical (unpaired) electrons. The van der Waals surface area contributed by atoms with Gasteiger partial charge in [0.15, 0.2) is 17.3 Å². The fourth-order valence-corrected chi connectivity index (χ4v) is 2.55. The number of nitrogens with two attached hydrogens (primary N) is 1. The Balaban J connectivity index is 1.78. The third-order valence-electron chi connectivity index (χ3n) is 3.64. The van der Waals surface area contributed by atoms with E-state index < -0.39 is 0 Å². The van der Waals surface area contributed by atoms with E-state index in [1.807, 2.05) is 18.2 Å². The average molecular weight is 295 g/mol. The first kappa shape index (κ1) is 12.8. The van der Waals surface area contributed by atoms with Gasteiger partial charge < -0.3 is 19.6 Å². The van der Waals surface area contributed by atoms with Crippen LogP contribution in [0, 0.1) is 0 Å². The monoisotopic (exact) mass is 295 g/mol. The molecule has 110 valence electrons. The molecule has 1 aliphatic heterocycles. The third kappa shape index (κ3) is 1.90. The van der Waals surface area contributed by atoms with Crippen LogP contribution in [0.1, 0.15) is 16.1 Å². The van der Waals surface area contributed by atoms with E-state index in [1.54, 1.807) is 24.3 Å². The molecule has 2 heterocycles. The van der Waals surface area contributed by atoms with E-state index in [0.29, 0.717) is 41.5 Å². The molecule has 0 fully saturated rings. The largest absolute Gasteiger partial charge is 0.486 e. The van der Waals surface area contributed by atoms with Gasteiger partial charge in [0.2, 0.25) is 5.78 Å². The Morgan fingerprint density at radius 2 is 1.77 bits per heavy atom. The predicted octanol–water partition coefficient (Wildman–Crippen LogP) is 3.02. The van der Waals surface area contributed by atoms with Crippen molar-refractivity contribution in [2.75, 3.05) is 18.9 Å². The van der Waals surface area contributed by atoms with Crippen LogP contribution in [-0.2, 0) is 0 Å². The number of hydrogen-bond donors (Lipinski definition) is 1. The minimum atomic E-state index is -0.273. The summed E-state index contributed by atoms with van der Waals surface area (Å²) in [5.74, 6) is 1.08. The number of hydrogen-bond acceptors (Lipinski definition) is 5. The van der Waals surface area contributed by atoms with Crippen LogP contribution in [-0.4, -0.2) is 19.0 Å². The topological polar surface area (TPSA) is 74.7 Å². The smallest absolute Gasteiger partial charge is 0.230 e. The Bertz CT molecular complexity index is 881. The lowest BCUT2D eigenvalue weighted by Crippen LogP contribution is -2.16. The first-order valence-electron chi connectivity index (χ1n) is 6.95. The lowest BCUT2D eigenvalue weighted by Gasteiger charge is -2.18. The highest BCUT2D eigenvalue weighted by atomic mass is 16.6. The maximum atomic E-state index is 12.7. The summed E-state index contributed by atoms with van der Waals surface area (Å²) in [7, 11) is 0. The number of ketones is 1. The summed E-state index contributed by atoms with van der Waals surface area (Å²) in [6, 6.07) is 12.4. The highest BCUT2D eigenvalue weighted by molar-refractivity contribution is 6.14. The Morgan fingerprint density at radius 3 is 2.59 bits per heavy atom. The molecular formula is C17H13NO4. The van der Waals surface area contributed by atoms with Crippen LogP contribution < -0.4 is 15.2 Å². The molecule has 1 aromatic heterocycles. The van der Waals surface area contributed by atoms with Crippen LogP contribution in [0.25, 0.3) is 11.0 Å². The first-order chi connectivity index (χ1) is 10.7. The van der Waals surface area contributed by atoms with Crippen molar-refractivity contribution in [2.45, 2.75) is 0 Å². The van der Waals surface area contributed by atoms with Gasteiger partial charge >= 0.3 is 0 Å². The van der Waals surface area contributed by atoms with Crippen LogP contribution in [0.4, 0.5) is 5.69 Å². The fourth-order valence-electron chi connectivity index (χ4n) is 2.55. The Hall–Kier alpha value is -2.95. The summed E-state index contributed by atoms with van der Waals surface area (Å²) in [5, 5.41) is 0.739. The molecule has 0 saturated carbocycles. The number of ether oxygens (including phenoxy) is 2. The molecule has 0 saturated heterocycles. The van der Waals surface area contributed by atoms with Gasteiger partial charge in [-0.15, -0.1) is 0 Å². The second-order valence-corrected chi connectivity index (χ2v) is 5.03. The van der Waals surface area contributed by atoms with Crippen LogP contribution in [0.5, 0.6) is 11.5 Å².